The van der Waals surface area contributed by atoms with Crippen LogP contribution in [0.4, 0.5) is 0 Å². The lowest BCUT2D eigenvalue weighted by Gasteiger charge is -2.17. The summed E-state index contributed by atoms with van der Waals surface area (Å²) in [6.45, 7) is 0.930. The smallest absolute Gasteiger partial charge is 0.254 e. The summed E-state index contributed by atoms with van der Waals surface area (Å²) in [5, 5.41) is 0. The molecule has 71 valence electrons. The summed E-state index contributed by atoms with van der Waals surface area (Å²) < 4.78 is 0. The zero-order chi connectivity index (χ0) is 9.54. The fourth-order valence-corrected chi connectivity index (χ4v) is 2.21. The molecule has 0 spiro atoms. The number of amides is 1. The number of nitrogens with zero attached hydrogens (tertiary/aromatic N) is 1. The first-order chi connectivity index (χ1) is 6.86. The Morgan fingerprint density at radius 2 is 2.07 bits per heavy atom. The quantitative estimate of drug-likeness (QED) is 0.654. The molecule has 1 aromatic rings. The lowest BCUT2D eigenvalue weighted by molar-refractivity contribution is 0.0775. The number of fused-ring (bicyclic) bond motifs is 1. The van der Waals surface area contributed by atoms with Crippen molar-refractivity contribution in [3.05, 3.63) is 42.3 Å². The van der Waals surface area contributed by atoms with Gasteiger partial charge in [0.2, 0.25) is 0 Å². The molecule has 2 fully saturated rings. The van der Waals surface area contributed by atoms with Crippen LogP contribution in [-0.2, 0) is 0 Å². The van der Waals surface area contributed by atoms with Gasteiger partial charge in [-0.05, 0) is 30.9 Å². The lowest BCUT2D eigenvalue weighted by atomic mass is 10.2. The molecule has 1 saturated carbocycles. The Bertz CT molecular complexity index is 360. The second-order valence-corrected chi connectivity index (χ2v) is 4.00. The summed E-state index contributed by atoms with van der Waals surface area (Å²) in [5.74, 6) is 0.884. The Balaban J connectivity index is 1.82. The Morgan fingerprint density at radius 3 is 2.64 bits per heavy atom. The predicted molar refractivity (Wildman–Crippen MR) is 53.7 cm³/mol. The Kier molecular flexibility index (Phi) is 1.63. The van der Waals surface area contributed by atoms with E-state index in [0.717, 1.165) is 18.5 Å². The minimum absolute atomic E-state index is 0.187. The maximum absolute atomic E-state index is 12.0. The molecular formula is C12H12NO. The fraction of sp³-hybridized carbons (Fsp3) is 0.333. The van der Waals surface area contributed by atoms with Gasteiger partial charge in [-0.2, -0.15) is 0 Å². The van der Waals surface area contributed by atoms with Gasteiger partial charge in [0.1, 0.15) is 0 Å². The maximum atomic E-state index is 12.0. The van der Waals surface area contributed by atoms with Crippen molar-refractivity contribution in [1.29, 1.82) is 0 Å². The highest BCUT2D eigenvalue weighted by Crippen LogP contribution is 2.43. The van der Waals surface area contributed by atoms with Crippen LogP contribution in [0.5, 0.6) is 0 Å². The van der Waals surface area contributed by atoms with Crippen LogP contribution in [0.2, 0.25) is 0 Å². The monoisotopic (exact) mass is 186 g/mol. The normalized spacial score (nSPS) is 28.7. The first kappa shape index (κ1) is 8.04. The van der Waals surface area contributed by atoms with Crippen LogP contribution in [0, 0.1) is 12.3 Å². The van der Waals surface area contributed by atoms with Crippen molar-refractivity contribution in [3.8, 4) is 0 Å². The molecule has 3 rings (SSSR count). The first-order valence-electron chi connectivity index (χ1n) is 5.07. The van der Waals surface area contributed by atoms with E-state index in [9.17, 15) is 4.79 Å². The van der Waals surface area contributed by atoms with Gasteiger partial charge in [-0.3, -0.25) is 4.79 Å². The van der Waals surface area contributed by atoms with Gasteiger partial charge in [0, 0.05) is 18.2 Å². The van der Waals surface area contributed by atoms with E-state index in [0.29, 0.717) is 12.0 Å². The minimum Gasteiger partial charge on any atom is -0.335 e. The highest BCUT2D eigenvalue weighted by Gasteiger charge is 2.49. The molecule has 1 heterocycles. The third kappa shape index (κ3) is 1.14. The number of benzene rings is 1. The molecular weight excluding hydrogens is 174 g/mol. The summed E-state index contributed by atoms with van der Waals surface area (Å²) in [5.41, 5.74) is 0.813. The van der Waals surface area contributed by atoms with Gasteiger partial charge in [0.15, 0.2) is 0 Å². The van der Waals surface area contributed by atoms with Crippen molar-refractivity contribution in [2.45, 2.75) is 12.5 Å². The van der Waals surface area contributed by atoms with Crippen LogP contribution in [-0.4, -0.2) is 23.4 Å². The minimum atomic E-state index is 0.187. The highest BCUT2D eigenvalue weighted by atomic mass is 16.2. The van der Waals surface area contributed by atoms with Gasteiger partial charge < -0.3 is 4.90 Å². The number of carbonyl (C=O) groups excluding carboxylic acids is 1. The van der Waals surface area contributed by atoms with Crippen molar-refractivity contribution in [3.63, 3.8) is 0 Å². The van der Waals surface area contributed by atoms with E-state index in [1.807, 2.05) is 35.2 Å². The number of likely N-dealkylation sites (tertiary alicyclic amines) is 1. The Morgan fingerprint density at radius 1 is 1.29 bits per heavy atom. The van der Waals surface area contributed by atoms with Crippen LogP contribution in [0.1, 0.15) is 16.8 Å². The zero-order valence-electron chi connectivity index (χ0n) is 7.89. The second-order valence-electron chi connectivity index (χ2n) is 4.00. The van der Waals surface area contributed by atoms with E-state index in [1.165, 1.54) is 0 Å². The second kappa shape index (κ2) is 2.84. The number of piperidine rings is 1. The molecule has 2 atom stereocenters. The van der Waals surface area contributed by atoms with E-state index in [1.54, 1.807) is 0 Å². The van der Waals surface area contributed by atoms with E-state index in [2.05, 4.69) is 6.42 Å². The highest BCUT2D eigenvalue weighted by molar-refractivity contribution is 5.95. The lowest BCUT2D eigenvalue weighted by Crippen LogP contribution is -2.30. The Labute approximate surface area is 83.5 Å². The maximum Gasteiger partial charge on any atom is 0.254 e. The summed E-state index contributed by atoms with van der Waals surface area (Å²) >= 11 is 0. The molecule has 1 aromatic carbocycles. The van der Waals surface area contributed by atoms with Gasteiger partial charge in [-0.25, -0.2) is 0 Å². The Hall–Kier alpha value is -1.31. The van der Waals surface area contributed by atoms with Crippen molar-refractivity contribution in [2.75, 3.05) is 6.54 Å². The van der Waals surface area contributed by atoms with Gasteiger partial charge in [0.05, 0.1) is 0 Å². The molecule has 14 heavy (non-hydrogen) atoms. The fourth-order valence-electron chi connectivity index (χ4n) is 2.21. The molecule has 2 unspecified atom stereocenters. The van der Waals surface area contributed by atoms with Crippen LogP contribution < -0.4 is 0 Å². The van der Waals surface area contributed by atoms with Gasteiger partial charge in [0.25, 0.3) is 5.91 Å². The summed E-state index contributed by atoms with van der Waals surface area (Å²) in [4.78, 5) is 14.0. The average molecular weight is 186 g/mol. The van der Waals surface area contributed by atoms with E-state index in [-0.39, 0.29) is 5.91 Å². The number of hydrogen-bond donors (Lipinski definition) is 0. The molecule has 0 bridgehead atoms. The molecule has 0 aromatic heterocycles. The van der Waals surface area contributed by atoms with E-state index in [4.69, 9.17) is 0 Å². The largest absolute Gasteiger partial charge is 0.335 e. The molecule has 1 aliphatic carbocycles. The molecule has 1 amide bonds. The van der Waals surface area contributed by atoms with Gasteiger partial charge >= 0.3 is 0 Å². The zero-order valence-corrected chi connectivity index (χ0v) is 7.89. The molecule has 1 aliphatic heterocycles. The number of hydrogen-bond acceptors (Lipinski definition) is 1. The van der Waals surface area contributed by atoms with Crippen molar-refractivity contribution in [2.24, 2.45) is 5.92 Å². The van der Waals surface area contributed by atoms with Gasteiger partial charge in [-0.1, -0.05) is 18.2 Å². The SMILES string of the molecule is O=C(c1ccccc1)N1CCC2[CH]C21. The molecule has 1 radical (unpaired) electrons. The van der Waals surface area contributed by atoms with Crippen LogP contribution >= 0.6 is 0 Å². The molecule has 0 N–H and O–H groups in total. The van der Waals surface area contributed by atoms with Crippen LogP contribution in [0.15, 0.2) is 30.3 Å². The molecule has 2 nitrogen and oxygen atoms in total. The van der Waals surface area contributed by atoms with Crippen LogP contribution in [0.3, 0.4) is 0 Å². The topological polar surface area (TPSA) is 20.3 Å². The van der Waals surface area contributed by atoms with E-state index < -0.39 is 0 Å². The van der Waals surface area contributed by atoms with Crippen LogP contribution in [0.25, 0.3) is 0 Å². The summed E-state index contributed by atoms with van der Waals surface area (Å²) in [6.07, 6.45) is 3.41. The third-order valence-corrected chi connectivity index (χ3v) is 3.09. The van der Waals surface area contributed by atoms with Crippen molar-refractivity contribution < 1.29 is 4.79 Å². The first-order valence-corrected chi connectivity index (χ1v) is 5.07. The average Bonchev–Trinajstić information content (AvgIpc) is 2.91. The number of rotatable bonds is 1. The molecule has 2 aliphatic rings. The van der Waals surface area contributed by atoms with Crippen molar-refractivity contribution >= 4 is 5.91 Å². The number of carbonyl (C=O) groups is 1. The third-order valence-electron chi connectivity index (χ3n) is 3.09. The predicted octanol–water partition coefficient (Wildman–Crippen LogP) is 1.74. The van der Waals surface area contributed by atoms with E-state index >= 15 is 0 Å². The van der Waals surface area contributed by atoms with Gasteiger partial charge in [-0.15, -0.1) is 0 Å². The van der Waals surface area contributed by atoms with Crippen molar-refractivity contribution in [1.82, 2.24) is 4.90 Å². The summed E-state index contributed by atoms with van der Waals surface area (Å²) in [6, 6.07) is 9.99. The summed E-state index contributed by atoms with van der Waals surface area (Å²) in [7, 11) is 0. The molecule has 1 saturated heterocycles. The standard InChI is InChI=1S/C12H12NO/c14-12(9-4-2-1-3-5-9)13-7-6-10-8-11(10)13/h1-5,8,10-11H,6-7H2. The molecule has 2 heteroatoms.